The third kappa shape index (κ3) is 4.39. The Bertz CT molecular complexity index is 1210. The molecule has 32 heavy (non-hydrogen) atoms. The first-order valence-corrected chi connectivity index (χ1v) is 9.73. The molecule has 3 aromatic carbocycles. The zero-order chi connectivity index (χ0) is 22.5. The number of carbonyl (C=O) groups is 1. The number of hydrogen-bond donors (Lipinski definition) is 1. The van der Waals surface area contributed by atoms with Gasteiger partial charge in [-0.25, -0.2) is 0 Å². The van der Waals surface area contributed by atoms with Crippen LogP contribution in [0.5, 0.6) is 17.2 Å². The molecule has 4 aromatic rings. The van der Waals surface area contributed by atoms with Gasteiger partial charge in [0.25, 0.3) is 11.8 Å². The molecule has 0 aliphatic heterocycles. The standard InChI is InChI=1S/C24H21N3O5/c1-29-18-12-16(13-19(14-18)30-2)23(28)25-17-10-8-15(9-11-17)24-26-22(27-32-24)20-6-4-5-7-21(20)31-3/h4-14H,1-3H3,(H,25,28). The average Bonchev–Trinajstić information content (AvgIpc) is 3.34. The van der Waals surface area contributed by atoms with E-state index < -0.39 is 0 Å². The molecule has 8 nitrogen and oxygen atoms in total. The van der Waals surface area contributed by atoms with Crippen LogP contribution in [0.25, 0.3) is 22.8 Å². The van der Waals surface area contributed by atoms with Gasteiger partial charge in [-0.05, 0) is 48.5 Å². The Morgan fingerprint density at radius 1 is 0.875 bits per heavy atom. The van der Waals surface area contributed by atoms with Crippen molar-refractivity contribution in [2.24, 2.45) is 0 Å². The van der Waals surface area contributed by atoms with Crippen molar-refractivity contribution >= 4 is 11.6 Å². The number of para-hydroxylation sites is 1. The zero-order valence-corrected chi connectivity index (χ0v) is 17.8. The topological polar surface area (TPSA) is 95.7 Å². The fourth-order valence-corrected chi connectivity index (χ4v) is 3.12. The number of amides is 1. The van der Waals surface area contributed by atoms with Gasteiger partial charge in [-0.2, -0.15) is 4.98 Å². The molecule has 8 heteroatoms. The monoisotopic (exact) mass is 431 g/mol. The van der Waals surface area contributed by atoms with Gasteiger partial charge in [-0.15, -0.1) is 0 Å². The van der Waals surface area contributed by atoms with Crippen molar-refractivity contribution in [1.29, 1.82) is 0 Å². The Hall–Kier alpha value is -4.33. The summed E-state index contributed by atoms with van der Waals surface area (Å²) in [5.41, 5.74) is 2.50. The largest absolute Gasteiger partial charge is 0.497 e. The maximum atomic E-state index is 12.7. The van der Waals surface area contributed by atoms with Crippen LogP contribution in [-0.4, -0.2) is 37.4 Å². The van der Waals surface area contributed by atoms with Crippen molar-refractivity contribution in [1.82, 2.24) is 10.1 Å². The van der Waals surface area contributed by atoms with Crippen LogP contribution in [0.3, 0.4) is 0 Å². The summed E-state index contributed by atoms with van der Waals surface area (Å²) in [5, 5.41) is 6.91. The molecule has 1 aromatic heterocycles. The molecule has 0 aliphatic rings. The second-order valence-electron chi connectivity index (χ2n) is 6.76. The van der Waals surface area contributed by atoms with E-state index in [1.54, 1.807) is 49.6 Å². The summed E-state index contributed by atoms with van der Waals surface area (Å²) < 4.78 is 21.2. The molecule has 4 rings (SSSR count). The third-order valence-corrected chi connectivity index (χ3v) is 4.78. The normalized spacial score (nSPS) is 10.5. The van der Waals surface area contributed by atoms with E-state index in [0.717, 1.165) is 11.1 Å². The molecular formula is C24H21N3O5. The fraction of sp³-hybridized carbons (Fsp3) is 0.125. The van der Waals surface area contributed by atoms with Crippen molar-refractivity contribution in [2.75, 3.05) is 26.6 Å². The lowest BCUT2D eigenvalue weighted by Gasteiger charge is -2.09. The molecular weight excluding hydrogens is 410 g/mol. The molecule has 0 unspecified atom stereocenters. The number of nitrogens with zero attached hydrogens (tertiary/aromatic N) is 2. The van der Waals surface area contributed by atoms with Gasteiger partial charge in [-0.1, -0.05) is 17.3 Å². The molecule has 0 saturated carbocycles. The highest BCUT2D eigenvalue weighted by Gasteiger charge is 2.15. The van der Waals surface area contributed by atoms with Crippen molar-refractivity contribution in [3.63, 3.8) is 0 Å². The number of hydrogen-bond acceptors (Lipinski definition) is 7. The first-order valence-electron chi connectivity index (χ1n) is 9.73. The molecule has 0 bridgehead atoms. The van der Waals surface area contributed by atoms with Crippen LogP contribution in [0.4, 0.5) is 5.69 Å². The summed E-state index contributed by atoms with van der Waals surface area (Å²) in [6, 6.07) is 19.5. The molecule has 0 atom stereocenters. The molecule has 162 valence electrons. The summed E-state index contributed by atoms with van der Waals surface area (Å²) in [6.45, 7) is 0. The van der Waals surface area contributed by atoms with Gasteiger partial charge in [0, 0.05) is 22.9 Å². The lowest BCUT2D eigenvalue weighted by atomic mass is 10.1. The maximum absolute atomic E-state index is 12.7. The second-order valence-corrected chi connectivity index (χ2v) is 6.76. The van der Waals surface area contributed by atoms with Crippen LogP contribution in [0.15, 0.2) is 71.3 Å². The first kappa shape index (κ1) is 20.9. The van der Waals surface area contributed by atoms with E-state index in [2.05, 4.69) is 15.5 Å². The van der Waals surface area contributed by atoms with E-state index in [0.29, 0.717) is 40.2 Å². The highest BCUT2D eigenvalue weighted by molar-refractivity contribution is 6.04. The Balaban J connectivity index is 1.51. The van der Waals surface area contributed by atoms with Crippen molar-refractivity contribution in [2.45, 2.75) is 0 Å². The SMILES string of the molecule is COc1cc(OC)cc(C(=O)Nc2ccc(-c3nc(-c4ccccc4OC)no3)cc2)c1. The molecule has 1 N–H and O–H groups in total. The van der Waals surface area contributed by atoms with Crippen LogP contribution >= 0.6 is 0 Å². The lowest BCUT2D eigenvalue weighted by Crippen LogP contribution is -2.12. The minimum absolute atomic E-state index is 0.286. The van der Waals surface area contributed by atoms with Gasteiger partial charge in [0.15, 0.2) is 0 Å². The number of rotatable bonds is 7. The lowest BCUT2D eigenvalue weighted by molar-refractivity contribution is 0.102. The number of carbonyl (C=O) groups excluding carboxylic acids is 1. The van der Waals surface area contributed by atoms with Gasteiger partial charge in [0.05, 0.1) is 26.9 Å². The van der Waals surface area contributed by atoms with E-state index in [9.17, 15) is 4.79 Å². The van der Waals surface area contributed by atoms with E-state index >= 15 is 0 Å². The molecule has 0 aliphatic carbocycles. The molecule has 0 fully saturated rings. The van der Waals surface area contributed by atoms with Crippen LogP contribution < -0.4 is 19.5 Å². The molecule has 0 saturated heterocycles. The quantitative estimate of drug-likeness (QED) is 0.454. The van der Waals surface area contributed by atoms with Gasteiger partial charge in [0.2, 0.25) is 5.82 Å². The summed E-state index contributed by atoms with van der Waals surface area (Å²) in [4.78, 5) is 17.1. The number of benzene rings is 3. The summed E-state index contributed by atoms with van der Waals surface area (Å²) >= 11 is 0. The Morgan fingerprint density at radius 2 is 1.56 bits per heavy atom. The van der Waals surface area contributed by atoms with Crippen LogP contribution in [-0.2, 0) is 0 Å². The predicted molar refractivity (Wildman–Crippen MR) is 119 cm³/mol. The average molecular weight is 431 g/mol. The highest BCUT2D eigenvalue weighted by Crippen LogP contribution is 2.30. The fourth-order valence-electron chi connectivity index (χ4n) is 3.12. The summed E-state index contributed by atoms with van der Waals surface area (Å²) in [5.74, 6) is 2.24. The minimum atomic E-state index is -0.286. The van der Waals surface area contributed by atoms with E-state index in [-0.39, 0.29) is 5.91 Å². The van der Waals surface area contributed by atoms with Crippen LogP contribution in [0, 0.1) is 0 Å². The van der Waals surface area contributed by atoms with Gasteiger partial charge < -0.3 is 24.1 Å². The van der Waals surface area contributed by atoms with Crippen molar-refractivity contribution < 1.29 is 23.5 Å². The van der Waals surface area contributed by atoms with Crippen molar-refractivity contribution in [3.05, 3.63) is 72.3 Å². The highest BCUT2D eigenvalue weighted by atomic mass is 16.5. The Kier molecular flexibility index (Phi) is 6.03. The summed E-state index contributed by atoms with van der Waals surface area (Å²) in [6.07, 6.45) is 0. The van der Waals surface area contributed by atoms with Crippen molar-refractivity contribution in [3.8, 4) is 40.1 Å². The Labute approximate surface area is 184 Å². The molecule has 1 heterocycles. The second kappa shape index (κ2) is 9.22. The molecule has 0 spiro atoms. The van der Waals surface area contributed by atoms with Crippen LogP contribution in [0.2, 0.25) is 0 Å². The van der Waals surface area contributed by atoms with Crippen LogP contribution in [0.1, 0.15) is 10.4 Å². The maximum Gasteiger partial charge on any atom is 0.258 e. The molecule has 1 amide bonds. The third-order valence-electron chi connectivity index (χ3n) is 4.78. The van der Waals surface area contributed by atoms with Gasteiger partial charge in [-0.3, -0.25) is 4.79 Å². The Morgan fingerprint density at radius 3 is 2.22 bits per heavy atom. The minimum Gasteiger partial charge on any atom is -0.497 e. The smallest absolute Gasteiger partial charge is 0.258 e. The predicted octanol–water partition coefficient (Wildman–Crippen LogP) is 4.68. The van der Waals surface area contributed by atoms with E-state index in [1.807, 2.05) is 24.3 Å². The zero-order valence-electron chi connectivity index (χ0n) is 17.8. The first-order chi connectivity index (χ1) is 15.6. The number of ether oxygens (including phenoxy) is 3. The van der Waals surface area contributed by atoms with E-state index in [1.165, 1.54) is 14.2 Å². The number of aromatic nitrogens is 2. The summed E-state index contributed by atoms with van der Waals surface area (Å²) in [7, 11) is 4.66. The van der Waals surface area contributed by atoms with E-state index in [4.69, 9.17) is 18.7 Å². The van der Waals surface area contributed by atoms with Gasteiger partial charge in [0.1, 0.15) is 17.2 Å². The number of nitrogens with one attached hydrogen (secondary N) is 1. The number of anilines is 1. The number of methoxy groups -OCH3 is 3. The molecule has 0 radical (unpaired) electrons. The van der Waals surface area contributed by atoms with Gasteiger partial charge >= 0.3 is 0 Å².